The van der Waals surface area contributed by atoms with Gasteiger partial charge in [0.25, 0.3) is 0 Å². The maximum atomic E-state index is 6.03. The Labute approximate surface area is 143 Å². The Kier molecular flexibility index (Phi) is 4.06. The highest BCUT2D eigenvalue weighted by atomic mass is 79.9. The molecule has 0 spiro atoms. The molecule has 1 aromatic heterocycles. The van der Waals surface area contributed by atoms with Crippen LogP contribution < -0.4 is 5.73 Å². The topological polar surface area (TPSA) is 54.7 Å². The van der Waals surface area contributed by atoms with Gasteiger partial charge in [0.2, 0.25) is 0 Å². The van der Waals surface area contributed by atoms with E-state index in [9.17, 15) is 0 Å². The summed E-state index contributed by atoms with van der Waals surface area (Å²) in [5.41, 5.74) is 9.71. The summed E-state index contributed by atoms with van der Waals surface area (Å²) in [6.45, 7) is 0. The van der Waals surface area contributed by atoms with E-state index >= 15 is 0 Å². The molecule has 0 amide bonds. The van der Waals surface area contributed by atoms with Crippen LogP contribution in [0.1, 0.15) is 0 Å². The highest BCUT2D eigenvalue weighted by Gasteiger charge is 2.17. The third-order valence-corrected chi connectivity index (χ3v) is 4.56. The maximum Gasteiger partial charge on any atom is 0.153 e. The number of aromatic amines is 1. The van der Waals surface area contributed by atoms with Crippen LogP contribution in [0.5, 0.6) is 0 Å². The number of benzene rings is 2. The molecule has 0 atom stereocenters. The summed E-state index contributed by atoms with van der Waals surface area (Å²) in [5, 5.41) is 7.84. The van der Waals surface area contributed by atoms with Crippen LogP contribution in [0.15, 0.2) is 51.4 Å². The van der Waals surface area contributed by atoms with E-state index in [1.54, 1.807) is 0 Å². The number of nitrogens with zero attached hydrogens (tertiary/aromatic N) is 1. The molecule has 0 saturated heterocycles. The minimum atomic E-state index is 0.458. The first-order valence-electron chi connectivity index (χ1n) is 6.11. The van der Waals surface area contributed by atoms with Gasteiger partial charge >= 0.3 is 0 Å². The highest BCUT2D eigenvalue weighted by Crippen LogP contribution is 2.39. The van der Waals surface area contributed by atoms with Gasteiger partial charge in [-0.15, -0.1) is 0 Å². The zero-order chi connectivity index (χ0) is 15.0. The number of anilines is 1. The number of hydrogen-bond donors (Lipinski definition) is 2. The van der Waals surface area contributed by atoms with Gasteiger partial charge in [0, 0.05) is 19.5 Å². The minimum absolute atomic E-state index is 0.458. The van der Waals surface area contributed by atoms with Crippen LogP contribution in [0.3, 0.4) is 0 Å². The molecule has 21 heavy (non-hydrogen) atoms. The molecule has 6 heteroatoms. The molecule has 0 bridgehead atoms. The summed E-state index contributed by atoms with van der Waals surface area (Å²) in [6, 6.07) is 13.5. The third-order valence-electron chi connectivity index (χ3n) is 3.12. The lowest BCUT2D eigenvalue weighted by Crippen LogP contribution is -1.89. The average Bonchev–Trinajstić information content (AvgIpc) is 2.84. The Morgan fingerprint density at radius 3 is 2.48 bits per heavy atom. The van der Waals surface area contributed by atoms with Gasteiger partial charge in [0.1, 0.15) is 0 Å². The van der Waals surface area contributed by atoms with Gasteiger partial charge in [-0.05, 0) is 35.9 Å². The zero-order valence-electron chi connectivity index (χ0n) is 10.7. The van der Waals surface area contributed by atoms with Gasteiger partial charge in [0.05, 0.1) is 11.3 Å². The van der Waals surface area contributed by atoms with Crippen LogP contribution in [0.4, 0.5) is 5.82 Å². The molecule has 0 aliphatic carbocycles. The van der Waals surface area contributed by atoms with E-state index < -0.39 is 0 Å². The Morgan fingerprint density at radius 1 is 1.05 bits per heavy atom. The van der Waals surface area contributed by atoms with Gasteiger partial charge < -0.3 is 5.73 Å². The van der Waals surface area contributed by atoms with E-state index in [0.717, 1.165) is 31.3 Å². The van der Waals surface area contributed by atoms with Crippen LogP contribution in [0.25, 0.3) is 22.4 Å². The lowest BCUT2D eigenvalue weighted by atomic mass is 10.0. The molecule has 3 aromatic rings. The van der Waals surface area contributed by atoms with Crippen molar-refractivity contribution in [1.82, 2.24) is 10.2 Å². The summed E-state index contributed by atoms with van der Waals surface area (Å²) in [4.78, 5) is 0. The Hall–Kier alpha value is -1.30. The molecule has 1 heterocycles. The lowest BCUT2D eigenvalue weighted by molar-refractivity contribution is 1.10. The normalized spacial score (nSPS) is 10.8. The Bertz CT molecular complexity index is 797. The van der Waals surface area contributed by atoms with Crippen molar-refractivity contribution in [2.24, 2.45) is 0 Å². The Morgan fingerprint density at radius 2 is 1.76 bits per heavy atom. The molecule has 0 aliphatic heterocycles. The number of rotatable bonds is 2. The van der Waals surface area contributed by atoms with Crippen molar-refractivity contribution in [3.05, 3.63) is 56.4 Å². The number of hydrogen-bond acceptors (Lipinski definition) is 2. The van der Waals surface area contributed by atoms with E-state index in [1.807, 2.05) is 42.5 Å². The van der Waals surface area contributed by atoms with Crippen LogP contribution in [-0.2, 0) is 0 Å². The monoisotopic (exact) mass is 425 g/mol. The molecule has 3 nitrogen and oxygen atoms in total. The van der Waals surface area contributed by atoms with E-state index in [1.165, 1.54) is 0 Å². The fourth-order valence-corrected chi connectivity index (χ4v) is 3.08. The van der Waals surface area contributed by atoms with Gasteiger partial charge in [0.15, 0.2) is 5.82 Å². The molecule has 2 aromatic carbocycles. The minimum Gasteiger partial charge on any atom is -0.382 e. The molecular weight excluding hydrogens is 417 g/mol. The third kappa shape index (κ3) is 2.86. The number of nitrogens with two attached hydrogens (primary N) is 1. The predicted molar refractivity (Wildman–Crippen MR) is 94.3 cm³/mol. The second kappa shape index (κ2) is 5.83. The molecule has 0 radical (unpaired) electrons. The smallest absolute Gasteiger partial charge is 0.153 e. The van der Waals surface area contributed by atoms with Crippen molar-refractivity contribution in [3.63, 3.8) is 0 Å². The molecule has 3 N–H and O–H groups in total. The quantitative estimate of drug-likeness (QED) is 0.567. The first kappa shape index (κ1) is 14.6. The number of nitrogens with one attached hydrogen (secondary N) is 1. The fraction of sp³-hybridized carbons (Fsp3) is 0. The van der Waals surface area contributed by atoms with Crippen molar-refractivity contribution >= 4 is 49.3 Å². The molecule has 3 rings (SSSR count). The average molecular weight is 428 g/mol. The molecule has 0 saturated carbocycles. The van der Waals surface area contributed by atoms with Crippen molar-refractivity contribution in [2.45, 2.75) is 0 Å². The number of halogens is 3. The van der Waals surface area contributed by atoms with Gasteiger partial charge in [-0.1, -0.05) is 55.6 Å². The molecule has 0 fully saturated rings. The van der Waals surface area contributed by atoms with E-state index in [2.05, 4.69) is 42.1 Å². The summed E-state index contributed by atoms with van der Waals surface area (Å²) in [7, 11) is 0. The second-order valence-electron chi connectivity index (χ2n) is 4.49. The summed E-state index contributed by atoms with van der Waals surface area (Å²) >= 11 is 13.0. The zero-order valence-corrected chi connectivity index (χ0v) is 14.6. The standard InChI is InChI=1S/C15H10Br2ClN3/c16-9-3-6-12(17)11(7-9)14-13(15(19)21-20-14)8-1-4-10(18)5-2-8/h1-7H,(H3,19,20,21). The second-order valence-corrected chi connectivity index (χ2v) is 6.70. The van der Waals surface area contributed by atoms with E-state index in [-0.39, 0.29) is 0 Å². The number of aromatic nitrogens is 2. The largest absolute Gasteiger partial charge is 0.382 e. The van der Waals surface area contributed by atoms with Crippen LogP contribution >= 0.6 is 43.5 Å². The number of nitrogen functional groups attached to an aromatic ring is 1. The molecule has 0 aliphatic rings. The predicted octanol–water partition coefficient (Wildman–Crippen LogP) is 5.50. The van der Waals surface area contributed by atoms with Crippen molar-refractivity contribution in [3.8, 4) is 22.4 Å². The summed E-state index contributed by atoms with van der Waals surface area (Å²) in [5.74, 6) is 0.458. The maximum absolute atomic E-state index is 6.03. The van der Waals surface area contributed by atoms with Crippen molar-refractivity contribution in [1.29, 1.82) is 0 Å². The molecule has 0 unspecified atom stereocenters. The summed E-state index contributed by atoms with van der Waals surface area (Å²) in [6.07, 6.45) is 0. The summed E-state index contributed by atoms with van der Waals surface area (Å²) < 4.78 is 1.94. The van der Waals surface area contributed by atoms with Crippen molar-refractivity contribution < 1.29 is 0 Å². The van der Waals surface area contributed by atoms with E-state index in [0.29, 0.717) is 10.8 Å². The van der Waals surface area contributed by atoms with Gasteiger partial charge in [-0.3, -0.25) is 5.10 Å². The fourth-order valence-electron chi connectivity index (χ4n) is 2.15. The molecule has 106 valence electrons. The van der Waals surface area contributed by atoms with Crippen LogP contribution in [-0.4, -0.2) is 10.2 Å². The van der Waals surface area contributed by atoms with Crippen molar-refractivity contribution in [2.75, 3.05) is 5.73 Å². The first-order chi connectivity index (χ1) is 10.1. The van der Waals surface area contributed by atoms with Crippen LogP contribution in [0, 0.1) is 0 Å². The van der Waals surface area contributed by atoms with Crippen LogP contribution in [0.2, 0.25) is 5.02 Å². The van der Waals surface area contributed by atoms with Gasteiger partial charge in [-0.25, -0.2) is 0 Å². The Balaban J connectivity index is 2.21. The highest BCUT2D eigenvalue weighted by molar-refractivity contribution is 9.11. The van der Waals surface area contributed by atoms with Gasteiger partial charge in [-0.2, -0.15) is 5.10 Å². The molecular formula is C15H10Br2ClN3. The lowest BCUT2D eigenvalue weighted by Gasteiger charge is -2.07. The SMILES string of the molecule is Nc1n[nH]c(-c2cc(Br)ccc2Br)c1-c1ccc(Cl)cc1. The number of H-pyrrole nitrogens is 1. The van der Waals surface area contributed by atoms with E-state index in [4.69, 9.17) is 17.3 Å². The first-order valence-corrected chi connectivity index (χ1v) is 8.08.